The van der Waals surface area contributed by atoms with Gasteiger partial charge in [-0.2, -0.15) is 0 Å². The van der Waals surface area contributed by atoms with Crippen molar-refractivity contribution in [2.24, 2.45) is 5.73 Å². The number of rotatable bonds is 7. The van der Waals surface area contributed by atoms with Crippen molar-refractivity contribution in [3.8, 4) is 0 Å². The van der Waals surface area contributed by atoms with Gasteiger partial charge >= 0.3 is 11.9 Å². The van der Waals surface area contributed by atoms with Crippen LogP contribution in [0, 0.1) is 0 Å². The summed E-state index contributed by atoms with van der Waals surface area (Å²) in [6.07, 6.45) is 0.658. The van der Waals surface area contributed by atoms with Crippen LogP contribution in [0.25, 0.3) is 0 Å². The summed E-state index contributed by atoms with van der Waals surface area (Å²) in [6, 6.07) is 8.81. The molecular formula is C14H20ClNO4. The molecule has 0 aliphatic carbocycles. The minimum Gasteiger partial charge on any atom is -0.465 e. The zero-order valence-corrected chi connectivity index (χ0v) is 12.2. The maximum atomic E-state index is 11.4. The van der Waals surface area contributed by atoms with Gasteiger partial charge in [0.05, 0.1) is 6.61 Å². The molecule has 0 aliphatic heterocycles. The Morgan fingerprint density at radius 1 is 1.20 bits per heavy atom. The molecule has 0 unspecified atom stereocenters. The van der Waals surface area contributed by atoms with Gasteiger partial charge in [0.15, 0.2) is 0 Å². The van der Waals surface area contributed by atoms with E-state index in [2.05, 4.69) is 0 Å². The molecular weight excluding hydrogens is 282 g/mol. The number of halogens is 1. The van der Waals surface area contributed by atoms with Crippen LogP contribution in [0.3, 0.4) is 0 Å². The lowest BCUT2D eigenvalue weighted by Crippen LogP contribution is -2.29. The first-order valence-electron chi connectivity index (χ1n) is 6.21. The molecule has 0 heterocycles. The van der Waals surface area contributed by atoms with Crippen LogP contribution < -0.4 is 5.73 Å². The fourth-order valence-electron chi connectivity index (χ4n) is 1.33. The van der Waals surface area contributed by atoms with Crippen molar-refractivity contribution < 1.29 is 19.1 Å². The highest BCUT2D eigenvalue weighted by molar-refractivity contribution is 5.85. The van der Waals surface area contributed by atoms with Gasteiger partial charge in [0.25, 0.3) is 0 Å². The van der Waals surface area contributed by atoms with E-state index in [-0.39, 0.29) is 38.0 Å². The Kier molecular flexibility index (Phi) is 9.41. The van der Waals surface area contributed by atoms with Crippen LogP contribution in [0.5, 0.6) is 0 Å². The molecule has 0 fully saturated rings. The Balaban J connectivity index is 0.00000361. The van der Waals surface area contributed by atoms with Crippen LogP contribution in [0.2, 0.25) is 0 Å². The smallest absolute Gasteiger partial charge is 0.322 e. The molecule has 20 heavy (non-hydrogen) atoms. The van der Waals surface area contributed by atoms with Gasteiger partial charge < -0.3 is 15.2 Å². The van der Waals surface area contributed by atoms with E-state index >= 15 is 0 Å². The Bertz CT molecular complexity index is 409. The monoisotopic (exact) mass is 301 g/mol. The van der Waals surface area contributed by atoms with E-state index in [0.717, 1.165) is 5.56 Å². The summed E-state index contributed by atoms with van der Waals surface area (Å²) in [5.41, 5.74) is 6.27. The Hall–Kier alpha value is -1.59. The molecule has 112 valence electrons. The average Bonchev–Trinajstić information content (AvgIpc) is 2.42. The number of nitrogens with two attached hydrogens (primary N) is 1. The van der Waals surface area contributed by atoms with Gasteiger partial charge in [-0.05, 0) is 18.9 Å². The second-order valence-corrected chi connectivity index (χ2v) is 4.21. The molecule has 1 rings (SSSR count). The highest BCUT2D eigenvalue weighted by atomic mass is 35.5. The van der Waals surface area contributed by atoms with E-state index in [1.54, 1.807) is 6.92 Å². The van der Waals surface area contributed by atoms with Crippen LogP contribution in [0.15, 0.2) is 30.3 Å². The number of hydrogen-bond donors (Lipinski definition) is 1. The molecule has 1 aromatic carbocycles. The molecule has 6 heteroatoms. The first-order chi connectivity index (χ1) is 9.09. The number of esters is 2. The average molecular weight is 302 g/mol. The number of carbonyl (C=O) groups is 2. The van der Waals surface area contributed by atoms with Gasteiger partial charge in [0.1, 0.15) is 12.6 Å². The van der Waals surface area contributed by atoms with Crippen LogP contribution in [0.1, 0.15) is 25.3 Å². The van der Waals surface area contributed by atoms with E-state index in [4.69, 9.17) is 15.2 Å². The molecule has 5 nitrogen and oxygen atoms in total. The number of carbonyl (C=O) groups excluding carboxylic acids is 2. The third-order valence-corrected chi connectivity index (χ3v) is 2.38. The molecule has 0 aliphatic rings. The standard InChI is InChI=1S/C14H19NO4.ClH/c1-11(15)14(17)18-9-5-8-13(16)19-10-12-6-3-2-4-7-12;/h2-4,6-7,11H,5,8-10,15H2,1H3;1H/t11-;/m0./s1. The summed E-state index contributed by atoms with van der Waals surface area (Å²) in [5.74, 6) is -0.765. The number of hydrogen-bond acceptors (Lipinski definition) is 5. The summed E-state index contributed by atoms with van der Waals surface area (Å²) in [6.45, 7) is 2.00. The van der Waals surface area contributed by atoms with Crippen molar-refractivity contribution in [2.75, 3.05) is 6.61 Å². The van der Waals surface area contributed by atoms with E-state index in [9.17, 15) is 9.59 Å². The SMILES string of the molecule is C[C@H](N)C(=O)OCCCC(=O)OCc1ccccc1.Cl. The quantitative estimate of drug-likeness (QED) is 0.614. The van der Waals surface area contributed by atoms with Gasteiger partial charge in [0.2, 0.25) is 0 Å². The van der Waals surface area contributed by atoms with Crippen LogP contribution in [0.4, 0.5) is 0 Å². The minimum atomic E-state index is -0.634. The largest absolute Gasteiger partial charge is 0.465 e. The first-order valence-corrected chi connectivity index (χ1v) is 6.21. The summed E-state index contributed by atoms with van der Waals surface area (Å²) < 4.78 is 9.92. The summed E-state index contributed by atoms with van der Waals surface area (Å²) in [5, 5.41) is 0. The lowest BCUT2D eigenvalue weighted by atomic mass is 10.2. The molecule has 1 aromatic rings. The van der Waals surface area contributed by atoms with Crippen molar-refractivity contribution in [2.45, 2.75) is 32.4 Å². The molecule has 2 N–H and O–H groups in total. The Morgan fingerprint density at radius 3 is 2.45 bits per heavy atom. The zero-order chi connectivity index (χ0) is 14.1. The molecule has 0 bridgehead atoms. The molecule has 0 spiro atoms. The normalized spacial score (nSPS) is 11.1. The Labute approximate surface area is 124 Å². The van der Waals surface area contributed by atoms with Crippen LogP contribution in [-0.4, -0.2) is 24.6 Å². The zero-order valence-electron chi connectivity index (χ0n) is 11.4. The van der Waals surface area contributed by atoms with Crippen molar-refractivity contribution >= 4 is 24.3 Å². The van der Waals surface area contributed by atoms with E-state index in [1.807, 2.05) is 30.3 Å². The second-order valence-electron chi connectivity index (χ2n) is 4.21. The molecule has 0 aromatic heterocycles. The predicted octanol–water partition coefficient (Wildman–Crippen LogP) is 1.82. The summed E-state index contributed by atoms with van der Waals surface area (Å²) in [4.78, 5) is 22.4. The summed E-state index contributed by atoms with van der Waals surface area (Å²) >= 11 is 0. The van der Waals surface area contributed by atoms with Crippen molar-refractivity contribution in [3.63, 3.8) is 0 Å². The van der Waals surface area contributed by atoms with Crippen LogP contribution in [-0.2, 0) is 25.7 Å². The topological polar surface area (TPSA) is 78.6 Å². The fraction of sp³-hybridized carbons (Fsp3) is 0.429. The molecule has 0 saturated carbocycles. The molecule has 1 atom stereocenters. The lowest BCUT2D eigenvalue weighted by molar-refractivity contribution is -0.148. The van der Waals surface area contributed by atoms with Crippen molar-refractivity contribution in [1.82, 2.24) is 0 Å². The number of benzene rings is 1. The fourth-order valence-corrected chi connectivity index (χ4v) is 1.33. The maximum Gasteiger partial charge on any atom is 0.322 e. The second kappa shape index (κ2) is 10.2. The van der Waals surface area contributed by atoms with E-state index < -0.39 is 12.0 Å². The molecule has 0 amide bonds. The van der Waals surface area contributed by atoms with Gasteiger partial charge in [-0.25, -0.2) is 0 Å². The van der Waals surface area contributed by atoms with Gasteiger partial charge in [0, 0.05) is 6.42 Å². The van der Waals surface area contributed by atoms with Crippen molar-refractivity contribution in [1.29, 1.82) is 0 Å². The van der Waals surface area contributed by atoms with E-state index in [0.29, 0.717) is 6.42 Å². The molecule has 0 radical (unpaired) electrons. The molecule has 0 saturated heterocycles. The third kappa shape index (κ3) is 7.76. The highest BCUT2D eigenvalue weighted by Gasteiger charge is 2.09. The van der Waals surface area contributed by atoms with E-state index in [1.165, 1.54) is 0 Å². The Morgan fingerprint density at radius 2 is 1.85 bits per heavy atom. The van der Waals surface area contributed by atoms with Gasteiger partial charge in [-0.3, -0.25) is 9.59 Å². The van der Waals surface area contributed by atoms with Gasteiger partial charge in [-0.15, -0.1) is 12.4 Å². The highest BCUT2D eigenvalue weighted by Crippen LogP contribution is 2.03. The first kappa shape index (κ1) is 18.4. The maximum absolute atomic E-state index is 11.4. The van der Waals surface area contributed by atoms with Crippen LogP contribution >= 0.6 is 12.4 Å². The van der Waals surface area contributed by atoms with Gasteiger partial charge in [-0.1, -0.05) is 30.3 Å². The third-order valence-electron chi connectivity index (χ3n) is 2.38. The minimum absolute atomic E-state index is 0. The number of ether oxygens (including phenoxy) is 2. The summed E-state index contributed by atoms with van der Waals surface area (Å²) in [7, 11) is 0. The predicted molar refractivity (Wildman–Crippen MR) is 77.3 cm³/mol. The van der Waals surface area contributed by atoms with Crippen molar-refractivity contribution in [3.05, 3.63) is 35.9 Å². The lowest BCUT2D eigenvalue weighted by Gasteiger charge is -2.07.